The van der Waals surface area contributed by atoms with Crippen LogP contribution in [0.1, 0.15) is 11.1 Å². The molecule has 0 aromatic heterocycles. The molecule has 0 spiro atoms. The molecule has 0 saturated heterocycles. The van der Waals surface area contributed by atoms with Crippen LogP contribution in [0.15, 0.2) is 30.3 Å². The van der Waals surface area contributed by atoms with E-state index < -0.39 is 0 Å². The number of rotatable bonds is 2. The van der Waals surface area contributed by atoms with Crippen molar-refractivity contribution in [2.45, 2.75) is 6.42 Å². The van der Waals surface area contributed by atoms with Gasteiger partial charge >= 0.3 is 26.2 Å². The van der Waals surface area contributed by atoms with Crippen LogP contribution in [-0.2, 0) is 32.6 Å². The molecule has 0 fully saturated rings. The number of anilines is 2. The molecule has 115 valence electrons. The van der Waals surface area contributed by atoms with Gasteiger partial charge in [0.1, 0.15) is 0 Å². The van der Waals surface area contributed by atoms with Crippen molar-refractivity contribution in [2.75, 3.05) is 38.0 Å². The molecule has 22 heavy (non-hydrogen) atoms. The minimum atomic E-state index is 0. The van der Waals surface area contributed by atoms with Crippen LogP contribution in [0.5, 0.6) is 0 Å². The molecule has 3 rings (SSSR count). The Bertz CT molecular complexity index is 587. The Balaban J connectivity index is 0.00000147. The Morgan fingerprint density at radius 1 is 0.864 bits per heavy atom. The van der Waals surface area contributed by atoms with Gasteiger partial charge in [-0.25, -0.2) is 0 Å². The first-order valence-electron chi connectivity index (χ1n) is 6.59. The molecule has 2 nitrogen and oxygen atoms in total. The van der Waals surface area contributed by atoms with Crippen LogP contribution in [0.3, 0.4) is 0 Å². The minimum absolute atomic E-state index is 0. The maximum Gasteiger partial charge on any atom is 3.00 e. The number of hydrogen-bond acceptors (Lipinski definition) is 2. The van der Waals surface area contributed by atoms with E-state index in [9.17, 15) is 0 Å². The molecule has 2 aromatic rings. The van der Waals surface area contributed by atoms with E-state index in [1.54, 1.807) is 0 Å². The number of benzene rings is 2. The number of halogens is 2. The molecule has 1 radical (unpaired) electrons. The van der Waals surface area contributed by atoms with E-state index in [-0.39, 0.29) is 51.0 Å². The molecule has 0 N–H and O–H groups in total. The van der Waals surface area contributed by atoms with Crippen LogP contribution >= 0.6 is 0 Å². The Labute approximate surface area is 164 Å². The van der Waals surface area contributed by atoms with Gasteiger partial charge in [0, 0.05) is 33.9 Å². The predicted molar refractivity (Wildman–Crippen MR) is 82.2 cm³/mol. The number of hydrogen-bond donors (Lipinski definition) is 0. The van der Waals surface area contributed by atoms with Gasteiger partial charge in [-0.15, -0.1) is 17.2 Å². The Morgan fingerprint density at radius 2 is 1.50 bits per heavy atom. The summed E-state index contributed by atoms with van der Waals surface area (Å²) in [5, 5.41) is 0. The smallest absolute Gasteiger partial charge is 1.00 e. The van der Waals surface area contributed by atoms with Gasteiger partial charge in [-0.1, -0.05) is 17.3 Å². The summed E-state index contributed by atoms with van der Waals surface area (Å²) in [6, 6.07) is 14.6. The van der Waals surface area contributed by atoms with Crippen LogP contribution in [0.4, 0.5) is 11.4 Å². The second kappa shape index (κ2) is 8.38. The van der Waals surface area contributed by atoms with E-state index >= 15 is 0 Å². The van der Waals surface area contributed by atoms with Crippen molar-refractivity contribution in [3.8, 4) is 11.1 Å². The van der Waals surface area contributed by atoms with Crippen LogP contribution in [0.2, 0.25) is 0 Å². The maximum absolute atomic E-state index is 3.53. The minimum Gasteiger partial charge on any atom is -1.00 e. The Kier molecular flexibility index (Phi) is 8.19. The monoisotopic (exact) mass is 411 g/mol. The van der Waals surface area contributed by atoms with Crippen LogP contribution in [-0.4, -0.2) is 28.2 Å². The molecule has 0 aliphatic heterocycles. The third-order valence-electron chi connectivity index (χ3n) is 3.76. The van der Waals surface area contributed by atoms with Crippen molar-refractivity contribution < 1.29 is 51.0 Å². The summed E-state index contributed by atoms with van der Waals surface area (Å²) >= 11 is 0. The largest absolute Gasteiger partial charge is 3.00 e. The zero-order valence-corrected chi connectivity index (χ0v) is 17.2. The van der Waals surface area contributed by atoms with Crippen molar-refractivity contribution in [1.82, 2.24) is 0 Å². The second-order valence-electron chi connectivity index (χ2n) is 5.54. The molecule has 0 unspecified atom stereocenters. The summed E-state index contributed by atoms with van der Waals surface area (Å²) in [5.41, 5.74) is 7.84. The van der Waals surface area contributed by atoms with E-state index in [2.05, 4.69) is 74.4 Å². The summed E-state index contributed by atoms with van der Waals surface area (Å²) in [5.74, 6) is 0. The Hall–Kier alpha value is -0.497. The molecule has 0 amide bonds. The zero-order chi connectivity index (χ0) is 13.6. The summed E-state index contributed by atoms with van der Waals surface area (Å²) in [6.07, 6.45) is 0.994. The third-order valence-corrected chi connectivity index (χ3v) is 3.76. The topological polar surface area (TPSA) is 6.48 Å². The molecule has 5 heteroatoms. The summed E-state index contributed by atoms with van der Waals surface area (Å²) in [6.45, 7) is 0. The predicted octanol–water partition coefficient (Wildman–Crippen LogP) is -2.80. The molecule has 0 bridgehead atoms. The molecule has 0 atom stereocenters. The molecular formula is C17H19Cl2N2Zr. The summed E-state index contributed by atoms with van der Waals surface area (Å²) in [7, 11) is 8.29. The fourth-order valence-electron chi connectivity index (χ4n) is 2.64. The van der Waals surface area contributed by atoms with Crippen LogP contribution < -0.4 is 34.6 Å². The van der Waals surface area contributed by atoms with Crippen molar-refractivity contribution in [1.29, 1.82) is 0 Å². The van der Waals surface area contributed by atoms with E-state index in [0.717, 1.165) is 12.1 Å². The number of fused-ring (bicyclic) bond motifs is 3. The average molecular weight is 413 g/mol. The first-order chi connectivity index (χ1) is 9.06. The first-order valence-corrected chi connectivity index (χ1v) is 6.59. The second-order valence-corrected chi connectivity index (χ2v) is 5.54. The van der Waals surface area contributed by atoms with E-state index in [1.165, 1.54) is 27.9 Å². The van der Waals surface area contributed by atoms with Gasteiger partial charge in [0.2, 0.25) is 0 Å². The summed E-state index contributed by atoms with van der Waals surface area (Å²) < 4.78 is 0. The number of nitrogens with zero attached hydrogens (tertiary/aromatic N) is 2. The molecule has 2 aromatic carbocycles. The van der Waals surface area contributed by atoms with E-state index in [0.29, 0.717) is 0 Å². The summed E-state index contributed by atoms with van der Waals surface area (Å²) in [4.78, 5) is 4.26. The fourth-order valence-corrected chi connectivity index (χ4v) is 2.64. The first kappa shape index (κ1) is 21.5. The molecule has 1 aliphatic carbocycles. The quantitative estimate of drug-likeness (QED) is 0.419. The molecular weight excluding hydrogens is 394 g/mol. The van der Waals surface area contributed by atoms with Crippen molar-refractivity contribution in [3.63, 3.8) is 0 Å². The van der Waals surface area contributed by atoms with Crippen LogP contribution in [0, 0.1) is 6.07 Å². The normalized spacial score (nSPS) is 10.4. The van der Waals surface area contributed by atoms with Gasteiger partial charge in [0.05, 0.1) is 0 Å². The van der Waals surface area contributed by atoms with Crippen molar-refractivity contribution in [3.05, 3.63) is 47.5 Å². The van der Waals surface area contributed by atoms with Gasteiger partial charge in [0.15, 0.2) is 0 Å². The maximum atomic E-state index is 3.53. The van der Waals surface area contributed by atoms with Crippen LogP contribution in [0.25, 0.3) is 11.1 Å². The average Bonchev–Trinajstić information content (AvgIpc) is 2.74. The SMILES string of the molecule is CN(C)c1[c-]c2c(cc1)-c1ccc(N(C)C)cc1C2.[Cl-].[Cl-].[Zr+3]. The van der Waals surface area contributed by atoms with Gasteiger partial charge in [-0.2, -0.15) is 12.1 Å². The molecule has 0 heterocycles. The fraction of sp³-hybridized carbons (Fsp3) is 0.294. The van der Waals surface area contributed by atoms with Gasteiger partial charge < -0.3 is 34.6 Å². The van der Waals surface area contributed by atoms with Gasteiger partial charge in [-0.05, 0) is 24.1 Å². The third kappa shape index (κ3) is 3.88. The van der Waals surface area contributed by atoms with E-state index in [1.807, 2.05) is 0 Å². The molecule has 0 saturated carbocycles. The van der Waals surface area contributed by atoms with Crippen molar-refractivity contribution in [2.24, 2.45) is 0 Å². The van der Waals surface area contributed by atoms with E-state index in [4.69, 9.17) is 0 Å². The Morgan fingerprint density at radius 3 is 2.09 bits per heavy atom. The molecule has 1 aliphatic rings. The van der Waals surface area contributed by atoms with Crippen molar-refractivity contribution >= 4 is 11.4 Å². The zero-order valence-electron chi connectivity index (χ0n) is 13.2. The van der Waals surface area contributed by atoms with Gasteiger partial charge in [-0.3, -0.25) is 0 Å². The van der Waals surface area contributed by atoms with Gasteiger partial charge in [0.25, 0.3) is 0 Å². The standard InChI is InChI=1S/C17H19N2.2ClH.Zr/c1-18(2)14-5-7-16-12(10-14)9-13-11-15(19(3)4)6-8-17(13)16;;;/h5-8,10H,9H2,1-4H3;2*1H;/q-1;;;+3/p-2.